The highest BCUT2D eigenvalue weighted by atomic mass is 35.5. The lowest BCUT2D eigenvalue weighted by molar-refractivity contribution is 0.0213. The largest absolute Gasteiger partial charge is 0.444 e. The van der Waals surface area contributed by atoms with Gasteiger partial charge in [0.15, 0.2) is 0 Å². The van der Waals surface area contributed by atoms with Crippen molar-refractivity contribution in [3.63, 3.8) is 0 Å². The molecule has 3 unspecified atom stereocenters. The van der Waals surface area contributed by atoms with Crippen LogP contribution in [0.4, 0.5) is 10.6 Å². The van der Waals surface area contributed by atoms with E-state index in [2.05, 4.69) is 16.0 Å². The number of carbonyl (C=O) groups excluding carboxylic acids is 1. The van der Waals surface area contributed by atoms with Gasteiger partial charge in [-0.1, -0.05) is 11.6 Å². The normalized spacial score (nSPS) is 23.9. The molecule has 2 aromatic rings. The third-order valence-electron chi connectivity index (χ3n) is 5.55. The summed E-state index contributed by atoms with van der Waals surface area (Å²) < 4.78 is 5.64. The Hall–Kier alpha value is -2.34. The van der Waals surface area contributed by atoms with E-state index in [1.165, 1.54) is 0 Å². The Morgan fingerprint density at radius 2 is 2.07 bits per heavy atom. The lowest BCUT2D eigenvalue weighted by Gasteiger charge is -2.28. The van der Waals surface area contributed by atoms with E-state index >= 15 is 0 Å². The molecule has 0 radical (unpaired) electrons. The fourth-order valence-corrected chi connectivity index (χ4v) is 4.62. The molecule has 4 heterocycles. The molecule has 2 aliphatic rings. The fourth-order valence-electron chi connectivity index (χ4n) is 4.44. The van der Waals surface area contributed by atoms with Crippen LogP contribution in [0.1, 0.15) is 51.5 Å². The standard InChI is InChI=1S/C21H25ClN4O2/c1-21(2,3)28-20(27)26-14-4-5-17(26)15(10-14)13-8-16(19(23)25-11-13)12-6-7-24-18(22)9-12/h6-9,11,14-15,17H,4-5,10H2,1-3H3,(H2,23,25). The molecule has 7 heteroatoms. The van der Waals surface area contributed by atoms with Crippen molar-refractivity contribution in [2.24, 2.45) is 0 Å². The maximum atomic E-state index is 12.7. The quantitative estimate of drug-likeness (QED) is 0.743. The Morgan fingerprint density at radius 3 is 2.79 bits per heavy atom. The zero-order valence-corrected chi connectivity index (χ0v) is 17.1. The van der Waals surface area contributed by atoms with Crippen LogP contribution < -0.4 is 5.73 Å². The van der Waals surface area contributed by atoms with Gasteiger partial charge in [-0.25, -0.2) is 14.8 Å². The number of ether oxygens (including phenoxy) is 1. The van der Waals surface area contributed by atoms with Gasteiger partial charge >= 0.3 is 6.09 Å². The molecule has 0 aliphatic carbocycles. The summed E-state index contributed by atoms with van der Waals surface area (Å²) in [6, 6.07) is 6.09. The molecule has 4 rings (SSSR count). The van der Waals surface area contributed by atoms with Crippen molar-refractivity contribution < 1.29 is 9.53 Å². The van der Waals surface area contributed by atoms with Gasteiger partial charge in [0.1, 0.15) is 16.6 Å². The minimum Gasteiger partial charge on any atom is -0.444 e. The highest BCUT2D eigenvalue weighted by Gasteiger charge is 2.50. The average molecular weight is 401 g/mol. The number of nitrogens with zero attached hydrogens (tertiary/aromatic N) is 3. The third kappa shape index (κ3) is 3.53. The molecule has 148 valence electrons. The molecule has 2 fully saturated rings. The summed E-state index contributed by atoms with van der Waals surface area (Å²) in [6.45, 7) is 5.70. The molecule has 28 heavy (non-hydrogen) atoms. The summed E-state index contributed by atoms with van der Waals surface area (Å²) in [5.74, 6) is 0.689. The van der Waals surface area contributed by atoms with Gasteiger partial charge in [-0.05, 0) is 69.4 Å². The van der Waals surface area contributed by atoms with Crippen molar-refractivity contribution in [2.45, 2.75) is 63.6 Å². The first kappa shape index (κ1) is 19.0. The first-order valence-electron chi connectivity index (χ1n) is 9.61. The predicted molar refractivity (Wildman–Crippen MR) is 109 cm³/mol. The number of rotatable bonds is 2. The van der Waals surface area contributed by atoms with E-state index in [0.717, 1.165) is 36.0 Å². The zero-order chi connectivity index (χ0) is 20.1. The number of nitrogen functional groups attached to an aromatic ring is 1. The second kappa shape index (κ2) is 6.92. The number of fused-ring (bicyclic) bond motifs is 2. The van der Waals surface area contributed by atoms with Gasteiger partial charge in [-0.3, -0.25) is 0 Å². The van der Waals surface area contributed by atoms with Crippen molar-refractivity contribution >= 4 is 23.5 Å². The van der Waals surface area contributed by atoms with Crippen LogP contribution in [-0.4, -0.2) is 38.6 Å². The van der Waals surface area contributed by atoms with Crippen LogP contribution in [0.5, 0.6) is 0 Å². The summed E-state index contributed by atoms with van der Waals surface area (Å²) in [5.41, 5.74) is 8.46. The van der Waals surface area contributed by atoms with Gasteiger partial charge in [0.2, 0.25) is 0 Å². The van der Waals surface area contributed by atoms with Gasteiger partial charge in [0, 0.05) is 36.0 Å². The second-order valence-electron chi connectivity index (χ2n) is 8.60. The summed E-state index contributed by atoms with van der Waals surface area (Å²) in [7, 11) is 0. The smallest absolute Gasteiger partial charge is 0.410 e. The minimum absolute atomic E-state index is 0.138. The second-order valence-corrected chi connectivity index (χ2v) is 8.98. The van der Waals surface area contributed by atoms with Crippen molar-refractivity contribution in [3.8, 4) is 11.1 Å². The number of amides is 1. The molecule has 2 bridgehead atoms. The van der Waals surface area contributed by atoms with Crippen LogP contribution in [0.25, 0.3) is 11.1 Å². The molecule has 2 aliphatic heterocycles. The molecule has 2 aromatic heterocycles. The van der Waals surface area contributed by atoms with E-state index in [-0.39, 0.29) is 24.1 Å². The number of halogens is 1. The van der Waals surface area contributed by atoms with E-state index < -0.39 is 5.60 Å². The summed E-state index contributed by atoms with van der Waals surface area (Å²) in [4.78, 5) is 23.1. The van der Waals surface area contributed by atoms with Crippen LogP contribution in [-0.2, 0) is 4.74 Å². The lowest BCUT2D eigenvalue weighted by Crippen LogP contribution is -2.40. The molecule has 0 aromatic carbocycles. The van der Waals surface area contributed by atoms with E-state index in [0.29, 0.717) is 11.0 Å². The first-order chi connectivity index (χ1) is 13.2. The number of hydrogen-bond donors (Lipinski definition) is 1. The topological polar surface area (TPSA) is 81.3 Å². The summed E-state index contributed by atoms with van der Waals surface area (Å²) in [5, 5.41) is 0.415. The Labute approximate surface area is 170 Å². The number of carbonyl (C=O) groups is 1. The highest BCUT2D eigenvalue weighted by molar-refractivity contribution is 6.29. The number of aromatic nitrogens is 2. The van der Waals surface area contributed by atoms with E-state index in [9.17, 15) is 4.79 Å². The van der Waals surface area contributed by atoms with E-state index in [1.54, 1.807) is 12.3 Å². The lowest BCUT2D eigenvalue weighted by atomic mass is 9.84. The molecule has 2 saturated heterocycles. The van der Waals surface area contributed by atoms with Gasteiger partial charge in [-0.15, -0.1) is 0 Å². The summed E-state index contributed by atoms with van der Waals surface area (Å²) >= 11 is 6.04. The molecule has 6 nitrogen and oxygen atoms in total. The third-order valence-corrected chi connectivity index (χ3v) is 5.75. The van der Waals surface area contributed by atoms with Crippen LogP contribution in [0.15, 0.2) is 30.6 Å². The molecule has 0 spiro atoms. The van der Waals surface area contributed by atoms with Crippen LogP contribution in [0.2, 0.25) is 5.15 Å². The summed E-state index contributed by atoms with van der Waals surface area (Å²) in [6.07, 6.45) is 6.20. The zero-order valence-electron chi connectivity index (χ0n) is 16.4. The minimum atomic E-state index is -0.495. The number of nitrogens with two attached hydrogens (primary N) is 1. The highest BCUT2D eigenvalue weighted by Crippen LogP contribution is 2.48. The maximum absolute atomic E-state index is 12.7. The Balaban J connectivity index is 1.62. The van der Waals surface area contributed by atoms with Crippen LogP contribution in [0, 0.1) is 0 Å². The van der Waals surface area contributed by atoms with Crippen molar-refractivity contribution in [1.82, 2.24) is 14.9 Å². The molecular weight excluding hydrogens is 376 g/mol. The first-order valence-corrected chi connectivity index (χ1v) is 9.99. The number of hydrogen-bond acceptors (Lipinski definition) is 5. The predicted octanol–water partition coefficient (Wildman–Crippen LogP) is 4.63. The molecule has 1 amide bonds. The maximum Gasteiger partial charge on any atom is 0.410 e. The Bertz CT molecular complexity index is 912. The van der Waals surface area contributed by atoms with E-state index in [1.807, 2.05) is 37.9 Å². The van der Waals surface area contributed by atoms with Gasteiger partial charge < -0.3 is 15.4 Å². The van der Waals surface area contributed by atoms with Crippen LogP contribution >= 0.6 is 11.6 Å². The Kier molecular flexibility index (Phi) is 4.70. The number of pyridine rings is 2. The van der Waals surface area contributed by atoms with Gasteiger partial charge in [-0.2, -0.15) is 0 Å². The average Bonchev–Trinajstić information content (AvgIpc) is 3.19. The van der Waals surface area contributed by atoms with Gasteiger partial charge in [0.25, 0.3) is 0 Å². The SMILES string of the molecule is CC(C)(C)OC(=O)N1C2CCC1C(c1cnc(N)c(-c3ccnc(Cl)c3)c1)C2. The molecule has 3 atom stereocenters. The Morgan fingerprint density at radius 1 is 1.29 bits per heavy atom. The fraction of sp³-hybridized carbons (Fsp3) is 0.476. The van der Waals surface area contributed by atoms with Crippen molar-refractivity contribution in [2.75, 3.05) is 5.73 Å². The molecule has 0 saturated carbocycles. The van der Waals surface area contributed by atoms with E-state index in [4.69, 9.17) is 22.1 Å². The van der Waals surface area contributed by atoms with Crippen molar-refractivity contribution in [1.29, 1.82) is 0 Å². The molecular formula is C21H25ClN4O2. The monoisotopic (exact) mass is 400 g/mol. The van der Waals surface area contributed by atoms with Crippen molar-refractivity contribution in [3.05, 3.63) is 41.3 Å². The number of anilines is 1. The van der Waals surface area contributed by atoms with Gasteiger partial charge in [0.05, 0.1) is 0 Å². The molecule has 2 N–H and O–H groups in total. The van der Waals surface area contributed by atoms with Crippen LogP contribution in [0.3, 0.4) is 0 Å².